The van der Waals surface area contributed by atoms with Crippen LogP contribution >= 0.6 is 0 Å². The molecule has 3 fully saturated rings. The molecule has 0 aromatic rings. The third kappa shape index (κ3) is 2.28. The van der Waals surface area contributed by atoms with Crippen LogP contribution in [-0.2, 0) is 9.59 Å². The molecular weight excluding hydrogens is 284 g/mol. The fraction of sp³-hybridized carbons (Fsp3) is 0.714. The molecule has 4 aliphatic rings. The van der Waals surface area contributed by atoms with Gasteiger partial charge in [0.25, 0.3) is 0 Å². The van der Waals surface area contributed by atoms with Gasteiger partial charge in [-0.2, -0.15) is 0 Å². The van der Waals surface area contributed by atoms with E-state index in [1.807, 2.05) is 19.9 Å². The lowest BCUT2D eigenvalue weighted by molar-refractivity contribution is -0.131. The highest BCUT2D eigenvalue weighted by Gasteiger charge is 2.58. The fourth-order valence-electron chi connectivity index (χ4n) is 5.97. The van der Waals surface area contributed by atoms with Gasteiger partial charge < -0.3 is 0 Å². The quantitative estimate of drug-likeness (QED) is 0.638. The monoisotopic (exact) mass is 314 g/mol. The maximum atomic E-state index is 12.3. The Hall–Kier alpha value is -1.18. The molecule has 4 aliphatic carbocycles. The standard InChI is InChI=1S/C19H24O2.C2H6/c1-18-9-7-13(20)11-12(18)3-4-14-15-5-6-17(21)19(15,2)10-8-16(14)18;1-2/h7,9,11,14-16H,3-6,8,10H2,1-2H3;1-2H3/t14?,15?,16?,18-,19-;/m0./s1. The minimum atomic E-state index is -0.0487. The maximum Gasteiger partial charge on any atom is 0.178 e. The second kappa shape index (κ2) is 5.72. The van der Waals surface area contributed by atoms with Crippen LogP contribution in [-0.4, -0.2) is 11.6 Å². The smallest absolute Gasteiger partial charge is 0.178 e. The molecule has 3 unspecified atom stereocenters. The Morgan fingerprint density at radius 2 is 1.74 bits per heavy atom. The van der Waals surface area contributed by atoms with E-state index in [2.05, 4.69) is 19.9 Å². The zero-order valence-corrected chi connectivity index (χ0v) is 15.0. The van der Waals surface area contributed by atoms with Crippen LogP contribution in [0.4, 0.5) is 0 Å². The number of hydrogen-bond donors (Lipinski definition) is 0. The van der Waals surface area contributed by atoms with Crippen LogP contribution in [0.25, 0.3) is 0 Å². The molecule has 5 atom stereocenters. The Kier molecular flexibility index (Phi) is 4.14. The summed E-state index contributed by atoms with van der Waals surface area (Å²) < 4.78 is 0. The topological polar surface area (TPSA) is 34.1 Å². The molecule has 0 bridgehead atoms. The van der Waals surface area contributed by atoms with E-state index in [-0.39, 0.29) is 16.6 Å². The first-order valence-corrected chi connectivity index (χ1v) is 9.43. The molecule has 0 spiro atoms. The van der Waals surface area contributed by atoms with Crippen LogP contribution in [0.1, 0.15) is 66.2 Å². The van der Waals surface area contributed by atoms with Crippen molar-refractivity contribution < 1.29 is 9.59 Å². The SMILES string of the molecule is CC.C[C@]12C=CC(=O)C=C1CCC1C2CC[C@]2(C)C(=O)CCC12. The number of hydrogen-bond acceptors (Lipinski definition) is 2. The lowest BCUT2D eigenvalue weighted by atomic mass is 9.48. The summed E-state index contributed by atoms with van der Waals surface area (Å²) in [6, 6.07) is 0. The predicted octanol–water partition coefficient (Wildman–Crippen LogP) is 4.89. The Morgan fingerprint density at radius 3 is 2.48 bits per heavy atom. The molecule has 2 heteroatoms. The van der Waals surface area contributed by atoms with Crippen molar-refractivity contribution in [3.8, 4) is 0 Å². The van der Waals surface area contributed by atoms with Crippen LogP contribution in [0.2, 0.25) is 0 Å². The van der Waals surface area contributed by atoms with E-state index in [0.29, 0.717) is 23.5 Å². The van der Waals surface area contributed by atoms with Crippen molar-refractivity contribution in [2.24, 2.45) is 28.6 Å². The van der Waals surface area contributed by atoms with E-state index in [1.54, 1.807) is 6.08 Å². The van der Waals surface area contributed by atoms with Crippen molar-refractivity contribution in [3.63, 3.8) is 0 Å². The van der Waals surface area contributed by atoms with E-state index in [1.165, 1.54) is 12.0 Å². The number of ketones is 2. The van der Waals surface area contributed by atoms with Gasteiger partial charge in [-0.15, -0.1) is 0 Å². The fourth-order valence-corrected chi connectivity index (χ4v) is 5.97. The highest BCUT2D eigenvalue weighted by Crippen LogP contribution is 2.63. The third-order valence-electron chi connectivity index (χ3n) is 7.27. The molecular formula is C21H30O2. The second-order valence-corrected chi connectivity index (χ2v) is 8.02. The van der Waals surface area contributed by atoms with Gasteiger partial charge in [-0.25, -0.2) is 0 Å². The molecule has 0 N–H and O–H groups in total. The summed E-state index contributed by atoms with van der Waals surface area (Å²) >= 11 is 0. The minimum Gasteiger partial charge on any atom is -0.299 e. The molecule has 0 radical (unpaired) electrons. The van der Waals surface area contributed by atoms with Gasteiger partial charge in [0.2, 0.25) is 0 Å². The largest absolute Gasteiger partial charge is 0.299 e. The van der Waals surface area contributed by atoms with Gasteiger partial charge in [-0.1, -0.05) is 39.3 Å². The van der Waals surface area contributed by atoms with Gasteiger partial charge in [0, 0.05) is 17.3 Å². The summed E-state index contributed by atoms with van der Waals surface area (Å²) in [7, 11) is 0. The summed E-state index contributed by atoms with van der Waals surface area (Å²) in [6.45, 7) is 8.54. The van der Waals surface area contributed by atoms with Crippen LogP contribution < -0.4 is 0 Å². The minimum absolute atomic E-state index is 0.0487. The molecule has 0 aromatic heterocycles. The summed E-state index contributed by atoms with van der Waals surface area (Å²) in [5.74, 6) is 2.51. The van der Waals surface area contributed by atoms with E-state index >= 15 is 0 Å². The average molecular weight is 314 g/mol. The number of carbonyl (C=O) groups excluding carboxylic acids is 2. The van der Waals surface area contributed by atoms with Crippen molar-refractivity contribution in [1.29, 1.82) is 0 Å². The van der Waals surface area contributed by atoms with Gasteiger partial charge in [0.15, 0.2) is 5.78 Å². The van der Waals surface area contributed by atoms with E-state index < -0.39 is 0 Å². The highest BCUT2D eigenvalue weighted by molar-refractivity contribution is 6.01. The number of Topliss-reactive ketones (excluding diaryl/α,β-unsaturated/α-hetero) is 1. The van der Waals surface area contributed by atoms with Crippen LogP contribution in [0, 0.1) is 28.6 Å². The van der Waals surface area contributed by atoms with Gasteiger partial charge in [-0.05, 0) is 62.0 Å². The highest BCUT2D eigenvalue weighted by atomic mass is 16.1. The average Bonchev–Trinajstić information content (AvgIpc) is 2.86. The summed E-state index contributed by atoms with van der Waals surface area (Å²) in [6.07, 6.45) is 12.1. The Labute approximate surface area is 140 Å². The first kappa shape index (κ1) is 16.7. The van der Waals surface area contributed by atoms with Crippen LogP contribution in [0.15, 0.2) is 23.8 Å². The second-order valence-electron chi connectivity index (χ2n) is 8.02. The van der Waals surface area contributed by atoms with Crippen LogP contribution in [0.5, 0.6) is 0 Å². The van der Waals surface area contributed by atoms with Crippen LogP contribution in [0.3, 0.4) is 0 Å². The van der Waals surface area contributed by atoms with Gasteiger partial charge in [0.1, 0.15) is 5.78 Å². The first-order chi connectivity index (χ1) is 10.9. The van der Waals surface area contributed by atoms with E-state index in [9.17, 15) is 9.59 Å². The van der Waals surface area contributed by atoms with Gasteiger partial charge >= 0.3 is 0 Å². The molecule has 126 valence electrons. The Balaban J connectivity index is 0.000000753. The van der Waals surface area contributed by atoms with Crippen molar-refractivity contribution in [3.05, 3.63) is 23.8 Å². The Morgan fingerprint density at radius 1 is 1.00 bits per heavy atom. The van der Waals surface area contributed by atoms with E-state index in [4.69, 9.17) is 0 Å². The molecule has 0 amide bonds. The molecule has 3 saturated carbocycles. The van der Waals surface area contributed by atoms with Crippen molar-refractivity contribution in [2.45, 2.75) is 66.2 Å². The van der Waals surface area contributed by atoms with Crippen molar-refractivity contribution >= 4 is 11.6 Å². The van der Waals surface area contributed by atoms with Gasteiger partial charge in [0.05, 0.1) is 0 Å². The van der Waals surface area contributed by atoms with Gasteiger partial charge in [-0.3, -0.25) is 9.59 Å². The molecule has 4 rings (SSSR count). The lowest BCUT2D eigenvalue weighted by Crippen LogP contribution is -2.49. The zero-order valence-electron chi connectivity index (χ0n) is 15.0. The molecule has 0 aromatic carbocycles. The molecule has 0 aliphatic heterocycles. The first-order valence-electron chi connectivity index (χ1n) is 9.43. The lowest BCUT2D eigenvalue weighted by Gasteiger charge is -2.55. The molecule has 23 heavy (non-hydrogen) atoms. The summed E-state index contributed by atoms with van der Waals surface area (Å²) in [5.41, 5.74) is 1.35. The molecule has 0 saturated heterocycles. The third-order valence-corrected chi connectivity index (χ3v) is 7.27. The number of rotatable bonds is 0. The Bertz CT molecular complexity index is 585. The number of carbonyl (C=O) groups is 2. The van der Waals surface area contributed by atoms with E-state index in [0.717, 1.165) is 32.1 Å². The van der Waals surface area contributed by atoms with Crippen molar-refractivity contribution in [1.82, 2.24) is 0 Å². The molecule has 0 heterocycles. The summed E-state index contributed by atoms with van der Waals surface area (Å²) in [5, 5.41) is 0. The maximum absolute atomic E-state index is 12.3. The number of allylic oxidation sites excluding steroid dienone is 4. The van der Waals surface area contributed by atoms with Crippen molar-refractivity contribution in [2.75, 3.05) is 0 Å². The normalized spacial score (nSPS) is 44.5. The predicted molar refractivity (Wildman–Crippen MR) is 93.0 cm³/mol. The molecule has 2 nitrogen and oxygen atoms in total. The summed E-state index contributed by atoms with van der Waals surface area (Å²) in [4.78, 5) is 24.0. The number of fused-ring (bicyclic) bond motifs is 5. The zero-order chi connectivity index (χ0) is 16.8.